The summed E-state index contributed by atoms with van der Waals surface area (Å²) in [6.45, 7) is 9.83. The summed E-state index contributed by atoms with van der Waals surface area (Å²) in [4.78, 5) is 4.98. The van der Waals surface area contributed by atoms with Crippen molar-refractivity contribution in [2.75, 3.05) is 29.6 Å². The van der Waals surface area contributed by atoms with E-state index in [9.17, 15) is 8.42 Å². The summed E-state index contributed by atoms with van der Waals surface area (Å²) in [6, 6.07) is 14.8. The maximum Gasteiger partial charge on any atom is 0.294 e. The molecule has 0 bridgehead atoms. The molecular weight excluding hydrogens is 372 g/mol. The molecule has 1 aliphatic heterocycles. The van der Waals surface area contributed by atoms with E-state index >= 15 is 0 Å². The van der Waals surface area contributed by atoms with Crippen LogP contribution in [0.5, 0.6) is 0 Å². The van der Waals surface area contributed by atoms with Gasteiger partial charge >= 0.3 is 0 Å². The minimum Gasteiger partial charge on any atom is -0.352 e. The van der Waals surface area contributed by atoms with Gasteiger partial charge in [-0.25, -0.2) is 0 Å². The van der Waals surface area contributed by atoms with Crippen LogP contribution in [0.25, 0.3) is 0 Å². The lowest BCUT2D eigenvalue weighted by molar-refractivity contribution is 0.483. The first-order valence-corrected chi connectivity index (χ1v) is 11.4. The van der Waals surface area contributed by atoms with Crippen LogP contribution in [0.4, 0.5) is 11.4 Å². The number of benzene rings is 2. The second-order valence-corrected chi connectivity index (χ2v) is 8.57. The van der Waals surface area contributed by atoms with Crippen molar-refractivity contribution < 1.29 is 13.0 Å². The third-order valence-electron chi connectivity index (χ3n) is 4.79. The Labute approximate surface area is 169 Å². The summed E-state index contributed by atoms with van der Waals surface area (Å²) < 4.78 is 29.6. The molecule has 0 aromatic heterocycles. The molecule has 0 fully saturated rings. The lowest BCUT2D eigenvalue weighted by atomic mass is 10.2. The van der Waals surface area contributed by atoms with E-state index in [4.69, 9.17) is 4.55 Å². The molecule has 0 aliphatic carbocycles. The highest BCUT2D eigenvalue weighted by Gasteiger charge is 2.23. The molecule has 0 spiro atoms. The van der Waals surface area contributed by atoms with Gasteiger partial charge in [0, 0.05) is 13.1 Å². The highest BCUT2D eigenvalue weighted by molar-refractivity contribution is 7.85. The molecule has 0 radical (unpaired) electrons. The first kappa shape index (κ1) is 22.2. The SMILES string of the molecule is CCCCN1CN(CCCC)c2ccccc21.Cc1ccc(S(=O)(=O)O)cc1. The fraction of sp³-hybridized carbons (Fsp3) is 0.455. The van der Waals surface area contributed by atoms with Crippen LogP contribution in [0, 0.1) is 6.92 Å². The Kier molecular flexibility index (Phi) is 8.33. The van der Waals surface area contributed by atoms with Crippen molar-refractivity contribution >= 4 is 21.5 Å². The smallest absolute Gasteiger partial charge is 0.294 e. The summed E-state index contributed by atoms with van der Waals surface area (Å²) in [6.07, 6.45) is 5.12. The Balaban J connectivity index is 0.000000221. The van der Waals surface area contributed by atoms with Crippen molar-refractivity contribution in [2.24, 2.45) is 0 Å². The van der Waals surface area contributed by atoms with Crippen molar-refractivity contribution in [3.8, 4) is 0 Å². The molecule has 0 atom stereocenters. The summed E-state index contributed by atoms with van der Waals surface area (Å²) in [7, 11) is -4.02. The normalized spacial score (nSPS) is 13.1. The molecular formula is C22H32N2O3S. The number of fused-ring (bicyclic) bond motifs is 1. The van der Waals surface area contributed by atoms with E-state index in [-0.39, 0.29) is 4.90 Å². The van der Waals surface area contributed by atoms with Crippen LogP contribution in [0.2, 0.25) is 0 Å². The van der Waals surface area contributed by atoms with E-state index in [1.54, 1.807) is 12.1 Å². The summed E-state index contributed by atoms with van der Waals surface area (Å²) in [5, 5.41) is 0. The molecule has 1 N–H and O–H groups in total. The number of aryl methyl sites for hydroxylation is 1. The Bertz CT molecular complexity index is 802. The molecule has 0 saturated carbocycles. The van der Waals surface area contributed by atoms with Gasteiger partial charge < -0.3 is 9.80 Å². The fourth-order valence-corrected chi connectivity index (χ4v) is 3.63. The fourth-order valence-electron chi connectivity index (χ4n) is 3.15. The Morgan fingerprint density at radius 2 is 1.32 bits per heavy atom. The second kappa shape index (κ2) is 10.5. The minimum atomic E-state index is -4.02. The third kappa shape index (κ3) is 6.24. The summed E-state index contributed by atoms with van der Waals surface area (Å²) in [5.74, 6) is 0. The molecule has 6 heteroatoms. The zero-order valence-corrected chi connectivity index (χ0v) is 18.0. The summed E-state index contributed by atoms with van der Waals surface area (Å²) >= 11 is 0. The van der Waals surface area contributed by atoms with Gasteiger partial charge in [-0.15, -0.1) is 0 Å². The van der Waals surface area contributed by atoms with E-state index < -0.39 is 10.1 Å². The Morgan fingerprint density at radius 1 is 0.857 bits per heavy atom. The van der Waals surface area contributed by atoms with E-state index in [2.05, 4.69) is 47.9 Å². The highest BCUT2D eigenvalue weighted by Crippen LogP contribution is 2.35. The summed E-state index contributed by atoms with van der Waals surface area (Å²) in [5.41, 5.74) is 3.81. The van der Waals surface area contributed by atoms with E-state index in [0.717, 1.165) is 12.2 Å². The highest BCUT2D eigenvalue weighted by atomic mass is 32.2. The van der Waals surface area contributed by atoms with Gasteiger partial charge in [-0.2, -0.15) is 8.42 Å². The van der Waals surface area contributed by atoms with Crippen molar-refractivity contribution in [3.05, 3.63) is 54.1 Å². The molecule has 0 amide bonds. The molecule has 5 nitrogen and oxygen atoms in total. The van der Waals surface area contributed by atoms with Crippen LogP contribution in [0.1, 0.15) is 45.1 Å². The van der Waals surface area contributed by atoms with Crippen molar-refractivity contribution in [1.82, 2.24) is 0 Å². The number of anilines is 2. The number of rotatable bonds is 7. The van der Waals surface area contributed by atoms with Gasteiger partial charge in [-0.05, 0) is 44.0 Å². The van der Waals surface area contributed by atoms with Gasteiger partial charge in [0.15, 0.2) is 0 Å². The quantitative estimate of drug-likeness (QED) is 0.650. The van der Waals surface area contributed by atoms with E-state index in [0.29, 0.717) is 0 Å². The number of unbranched alkanes of at least 4 members (excludes halogenated alkanes) is 2. The maximum absolute atomic E-state index is 10.5. The third-order valence-corrected chi connectivity index (χ3v) is 5.65. The van der Waals surface area contributed by atoms with Gasteiger partial charge in [0.25, 0.3) is 10.1 Å². The molecule has 3 rings (SSSR count). The van der Waals surface area contributed by atoms with Crippen LogP contribution in [-0.4, -0.2) is 32.7 Å². The Hall–Kier alpha value is -2.05. The zero-order chi connectivity index (χ0) is 20.6. The minimum absolute atomic E-state index is 0.0666. The number of hydrogen-bond donors (Lipinski definition) is 1. The molecule has 0 saturated heterocycles. The average Bonchev–Trinajstić information content (AvgIpc) is 3.03. The van der Waals surface area contributed by atoms with Crippen LogP contribution in [0.15, 0.2) is 53.4 Å². The number of nitrogens with zero attached hydrogens (tertiary/aromatic N) is 2. The van der Waals surface area contributed by atoms with Gasteiger partial charge in [0.05, 0.1) is 22.9 Å². The topological polar surface area (TPSA) is 60.9 Å². The second-order valence-electron chi connectivity index (χ2n) is 7.15. The molecule has 154 valence electrons. The molecule has 1 heterocycles. The first-order valence-electron chi connectivity index (χ1n) is 10.00. The Morgan fingerprint density at radius 3 is 1.71 bits per heavy atom. The molecule has 2 aromatic rings. The first-order chi connectivity index (χ1) is 13.4. The van der Waals surface area contributed by atoms with Crippen LogP contribution >= 0.6 is 0 Å². The van der Waals surface area contributed by atoms with Crippen LogP contribution in [0.3, 0.4) is 0 Å². The largest absolute Gasteiger partial charge is 0.352 e. The van der Waals surface area contributed by atoms with Gasteiger partial charge in [0.2, 0.25) is 0 Å². The molecule has 1 aliphatic rings. The lowest BCUT2D eigenvalue weighted by Crippen LogP contribution is -2.32. The van der Waals surface area contributed by atoms with Crippen LogP contribution in [-0.2, 0) is 10.1 Å². The predicted octanol–water partition coefficient (Wildman–Crippen LogP) is 5.11. The average molecular weight is 405 g/mol. The molecule has 0 unspecified atom stereocenters. The van der Waals surface area contributed by atoms with Gasteiger partial charge in [-0.1, -0.05) is 56.5 Å². The number of para-hydroxylation sites is 2. The van der Waals surface area contributed by atoms with Crippen LogP contribution < -0.4 is 9.80 Å². The lowest BCUT2D eigenvalue weighted by Gasteiger charge is -2.21. The van der Waals surface area contributed by atoms with Gasteiger partial charge in [0.1, 0.15) is 0 Å². The predicted molar refractivity (Wildman–Crippen MR) is 117 cm³/mol. The zero-order valence-electron chi connectivity index (χ0n) is 17.1. The van der Waals surface area contributed by atoms with Crippen molar-refractivity contribution in [1.29, 1.82) is 0 Å². The van der Waals surface area contributed by atoms with E-state index in [1.807, 2.05) is 6.92 Å². The monoisotopic (exact) mass is 404 g/mol. The van der Waals surface area contributed by atoms with E-state index in [1.165, 1.54) is 62.3 Å². The van der Waals surface area contributed by atoms with Crippen molar-refractivity contribution in [2.45, 2.75) is 51.3 Å². The molecule has 2 aromatic carbocycles. The van der Waals surface area contributed by atoms with Crippen molar-refractivity contribution in [3.63, 3.8) is 0 Å². The standard InChI is InChI=1S/C15H24N2.C7H8O3S/c1-3-5-11-16-13-17(12-6-4-2)15-10-8-7-9-14(15)16;1-6-2-4-7(5-3-6)11(8,9)10/h7-10H,3-6,11-13H2,1-2H3;2-5H,1H3,(H,8,9,10). The molecule has 28 heavy (non-hydrogen) atoms. The number of hydrogen-bond acceptors (Lipinski definition) is 4. The van der Waals surface area contributed by atoms with Gasteiger partial charge in [-0.3, -0.25) is 4.55 Å². The maximum atomic E-state index is 10.5.